The predicted octanol–water partition coefficient (Wildman–Crippen LogP) is 4.62. The highest BCUT2D eigenvalue weighted by Gasteiger charge is 2.37. The molecule has 4 nitrogen and oxygen atoms in total. The number of hydrogen-bond donors (Lipinski definition) is 2. The summed E-state index contributed by atoms with van der Waals surface area (Å²) in [5.74, 6) is 1.05. The molecule has 1 saturated heterocycles. The van der Waals surface area contributed by atoms with Gasteiger partial charge >= 0.3 is 0 Å². The van der Waals surface area contributed by atoms with Crippen molar-refractivity contribution in [2.75, 3.05) is 32.0 Å². The summed E-state index contributed by atoms with van der Waals surface area (Å²) in [7, 11) is 0. The molecule has 30 heavy (non-hydrogen) atoms. The van der Waals surface area contributed by atoms with Gasteiger partial charge in [-0.05, 0) is 66.2 Å². The molecule has 1 fully saturated rings. The highest BCUT2D eigenvalue weighted by molar-refractivity contribution is 8.14. The fourth-order valence-corrected chi connectivity index (χ4v) is 6.35. The number of aliphatic hydroxyl groups is 1. The van der Waals surface area contributed by atoms with Gasteiger partial charge in [0.2, 0.25) is 0 Å². The van der Waals surface area contributed by atoms with E-state index in [1.165, 1.54) is 47.5 Å². The van der Waals surface area contributed by atoms with E-state index in [4.69, 9.17) is 10.1 Å². The van der Waals surface area contributed by atoms with Gasteiger partial charge in [-0.15, -0.1) is 0 Å². The number of benzene rings is 1. The fourth-order valence-electron chi connectivity index (χ4n) is 5.22. The van der Waals surface area contributed by atoms with Crippen molar-refractivity contribution in [3.8, 4) is 0 Å². The summed E-state index contributed by atoms with van der Waals surface area (Å²) in [5.41, 5.74) is 4.98. The number of amidine groups is 1. The van der Waals surface area contributed by atoms with Crippen molar-refractivity contribution in [3.05, 3.63) is 34.9 Å². The number of hydrogen-bond acceptors (Lipinski definition) is 5. The van der Waals surface area contributed by atoms with Gasteiger partial charge in [-0.1, -0.05) is 57.7 Å². The third-order valence-corrected chi connectivity index (χ3v) is 8.46. The summed E-state index contributed by atoms with van der Waals surface area (Å²) in [6, 6.07) is 8.00. The Hall–Kier alpha value is -1.04. The molecule has 4 rings (SSSR count). The second kappa shape index (κ2) is 8.84. The van der Waals surface area contributed by atoms with Gasteiger partial charge in [0.1, 0.15) is 0 Å². The van der Waals surface area contributed by atoms with E-state index >= 15 is 0 Å². The molecule has 166 valence electrons. The molecular weight excluding hydrogens is 390 g/mol. The number of aliphatic hydroxyl groups excluding tert-OH is 1. The van der Waals surface area contributed by atoms with E-state index in [1.54, 1.807) is 0 Å². The van der Waals surface area contributed by atoms with Crippen molar-refractivity contribution in [1.82, 2.24) is 10.2 Å². The minimum absolute atomic E-state index is 0.249. The summed E-state index contributed by atoms with van der Waals surface area (Å²) in [5, 5.41) is 13.9. The predicted molar refractivity (Wildman–Crippen MR) is 129 cm³/mol. The molecule has 0 spiro atoms. The van der Waals surface area contributed by atoms with Crippen molar-refractivity contribution in [2.45, 2.75) is 82.7 Å². The minimum Gasteiger partial charge on any atom is -0.396 e. The van der Waals surface area contributed by atoms with Crippen LogP contribution in [0.3, 0.4) is 0 Å². The van der Waals surface area contributed by atoms with Crippen LogP contribution in [0.5, 0.6) is 0 Å². The first-order chi connectivity index (χ1) is 14.3. The van der Waals surface area contributed by atoms with Crippen LogP contribution < -0.4 is 5.32 Å². The normalized spacial score (nSPS) is 27.6. The van der Waals surface area contributed by atoms with Crippen LogP contribution in [0.25, 0.3) is 0 Å². The standard InChI is InChI=1S/C25H39N3OS/c1-24(2)10-11-25(3,4)21-15-18(8-9-20(21)24)22-17-30-23(27-22)28-13-5-7-19(16-28)26-12-6-14-29/h8-9,15,19,22,26,29H,5-7,10-14,16-17H2,1-4H3. The number of likely N-dealkylation sites (tertiary alicyclic amines) is 1. The Kier molecular flexibility index (Phi) is 6.53. The molecule has 2 unspecified atom stereocenters. The average molecular weight is 430 g/mol. The van der Waals surface area contributed by atoms with Gasteiger partial charge in [0, 0.05) is 31.5 Å². The Bertz CT molecular complexity index is 789. The first-order valence-corrected chi connectivity index (χ1v) is 12.7. The maximum absolute atomic E-state index is 9.02. The summed E-state index contributed by atoms with van der Waals surface area (Å²) >= 11 is 1.93. The van der Waals surface area contributed by atoms with Crippen molar-refractivity contribution in [1.29, 1.82) is 0 Å². The second-order valence-electron chi connectivity index (χ2n) is 10.6. The lowest BCUT2D eigenvalue weighted by molar-refractivity contribution is 0.258. The number of aliphatic imine (C=N–C) groups is 1. The quantitative estimate of drug-likeness (QED) is 0.671. The topological polar surface area (TPSA) is 47.9 Å². The van der Waals surface area contributed by atoms with Crippen LogP contribution in [0.2, 0.25) is 0 Å². The zero-order valence-corrected chi connectivity index (χ0v) is 20.0. The molecule has 0 amide bonds. The van der Waals surface area contributed by atoms with E-state index in [2.05, 4.69) is 56.1 Å². The van der Waals surface area contributed by atoms with E-state index in [1.807, 2.05) is 11.8 Å². The molecule has 1 aromatic carbocycles. The number of thioether (sulfide) groups is 1. The van der Waals surface area contributed by atoms with Crippen LogP contribution in [-0.4, -0.2) is 53.2 Å². The van der Waals surface area contributed by atoms with Gasteiger partial charge in [0.15, 0.2) is 5.17 Å². The number of rotatable bonds is 5. The van der Waals surface area contributed by atoms with Gasteiger partial charge in [-0.3, -0.25) is 4.99 Å². The van der Waals surface area contributed by atoms with Crippen LogP contribution in [0, 0.1) is 0 Å². The Balaban J connectivity index is 1.49. The van der Waals surface area contributed by atoms with Crippen molar-refractivity contribution in [2.24, 2.45) is 4.99 Å². The molecule has 2 N–H and O–H groups in total. The lowest BCUT2D eigenvalue weighted by Gasteiger charge is -2.42. The van der Waals surface area contributed by atoms with Crippen LogP contribution >= 0.6 is 11.8 Å². The van der Waals surface area contributed by atoms with Crippen LogP contribution in [0.15, 0.2) is 23.2 Å². The summed E-state index contributed by atoms with van der Waals surface area (Å²) in [6.45, 7) is 12.9. The lowest BCUT2D eigenvalue weighted by Crippen LogP contribution is -2.47. The van der Waals surface area contributed by atoms with Crippen molar-refractivity contribution in [3.63, 3.8) is 0 Å². The molecule has 0 bridgehead atoms. The average Bonchev–Trinajstić information content (AvgIpc) is 3.22. The monoisotopic (exact) mass is 429 g/mol. The van der Waals surface area contributed by atoms with Gasteiger partial charge < -0.3 is 15.3 Å². The number of piperidine rings is 1. The summed E-state index contributed by atoms with van der Waals surface area (Å²) < 4.78 is 0. The Morgan fingerprint density at radius 1 is 1.17 bits per heavy atom. The van der Waals surface area contributed by atoms with Crippen molar-refractivity contribution >= 4 is 16.9 Å². The maximum Gasteiger partial charge on any atom is 0.159 e. The third kappa shape index (κ3) is 4.58. The lowest BCUT2D eigenvalue weighted by atomic mass is 9.63. The molecule has 2 heterocycles. The van der Waals surface area contributed by atoms with Gasteiger partial charge in [-0.2, -0.15) is 0 Å². The van der Waals surface area contributed by atoms with Crippen LogP contribution in [0.1, 0.15) is 82.5 Å². The number of nitrogens with one attached hydrogen (secondary N) is 1. The minimum atomic E-state index is 0.249. The van der Waals surface area contributed by atoms with E-state index in [0.29, 0.717) is 6.04 Å². The van der Waals surface area contributed by atoms with Gasteiger partial charge in [0.25, 0.3) is 0 Å². The molecule has 3 aliphatic rings. The smallest absolute Gasteiger partial charge is 0.159 e. The first-order valence-electron chi connectivity index (χ1n) is 11.7. The second-order valence-corrected chi connectivity index (χ2v) is 11.6. The Morgan fingerprint density at radius 2 is 1.93 bits per heavy atom. The molecular formula is C25H39N3OS. The van der Waals surface area contributed by atoms with E-state index in [0.717, 1.165) is 31.8 Å². The molecule has 0 radical (unpaired) electrons. The van der Waals surface area contributed by atoms with Crippen molar-refractivity contribution < 1.29 is 5.11 Å². The zero-order chi connectivity index (χ0) is 21.4. The van der Waals surface area contributed by atoms with Crippen LogP contribution in [-0.2, 0) is 10.8 Å². The molecule has 2 aliphatic heterocycles. The summed E-state index contributed by atoms with van der Waals surface area (Å²) in [6.07, 6.45) is 5.78. The molecule has 1 aromatic rings. The van der Waals surface area contributed by atoms with E-state index in [9.17, 15) is 0 Å². The Labute approximate surface area is 186 Å². The fraction of sp³-hybridized carbons (Fsp3) is 0.720. The zero-order valence-electron chi connectivity index (χ0n) is 19.2. The highest BCUT2D eigenvalue weighted by Crippen LogP contribution is 2.47. The summed E-state index contributed by atoms with van der Waals surface area (Å²) in [4.78, 5) is 7.67. The number of nitrogens with zero attached hydrogens (tertiary/aromatic N) is 2. The van der Waals surface area contributed by atoms with E-state index in [-0.39, 0.29) is 23.5 Å². The SMILES string of the molecule is CC1(C)CCC(C)(C)c2cc(C3CSC(N4CCCC(NCCCO)C4)=N3)ccc21. The first kappa shape index (κ1) is 22.2. The molecule has 5 heteroatoms. The molecule has 0 aromatic heterocycles. The van der Waals surface area contributed by atoms with Crippen LogP contribution in [0.4, 0.5) is 0 Å². The molecule has 0 saturated carbocycles. The molecule has 2 atom stereocenters. The van der Waals surface area contributed by atoms with Gasteiger partial charge in [-0.25, -0.2) is 0 Å². The number of fused-ring (bicyclic) bond motifs is 1. The molecule has 1 aliphatic carbocycles. The largest absolute Gasteiger partial charge is 0.396 e. The van der Waals surface area contributed by atoms with E-state index < -0.39 is 0 Å². The highest BCUT2D eigenvalue weighted by atomic mass is 32.2. The maximum atomic E-state index is 9.02. The Morgan fingerprint density at radius 3 is 2.70 bits per heavy atom. The van der Waals surface area contributed by atoms with Gasteiger partial charge in [0.05, 0.1) is 6.04 Å². The third-order valence-electron chi connectivity index (χ3n) is 7.36.